The highest BCUT2D eigenvalue weighted by Crippen LogP contribution is 2.36. The van der Waals surface area contributed by atoms with Crippen molar-refractivity contribution in [1.82, 2.24) is 0 Å². The van der Waals surface area contributed by atoms with Crippen LogP contribution in [0, 0.1) is 24.0 Å². The number of non-ortho nitro benzene ring substituents is 1. The largest absolute Gasteiger partial charge is 0.506 e. The lowest BCUT2D eigenvalue weighted by Crippen LogP contribution is -2.14. The SMILES string of the molecule is Cc1cc(NS(=O)(=O)c2cccc([N+](=O)[O-])c2)c(C)c(Cl)c1O. The lowest BCUT2D eigenvalue weighted by molar-refractivity contribution is -0.385. The van der Waals surface area contributed by atoms with Gasteiger partial charge < -0.3 is 5.11 Å². The number of nitrogens with zero attached hydrogens (tertiary/aromatic N) is 1. The highest BCUT2D eigenvalue weighted by molar-refractivity contribution is 7.92. The Bertz CT molecular complexity index is 896. The molecular weight excluding hydrogens is 344 g/mol. The van der Waals surface area contributed by atoms with Gasteiger partial charge in [-0.15, -0.1) is 0 Å². The van der Waals surface area contributed by atoms with Crippen LogP contribution in [-0.4, -0.2) is 18.4 Å². The molecule has 0 amide bonds. The normalized spacial score (nSPS) is 11.3. The van der Waals surface area contributed by atoms with Gasteiger partial charge in [0.1, 0.15) is 5.75 Å². The Balaban J connectivity index is 2.47. The summed E-state index contributed by atoms with van der Waals surface area (Å²) in [6.07, 6.45) is 0. The van der Waals surface area contributed by atoms with Gasteiger partial charge in [0, 0.05) is 12.1 Å². The van der Waals surface area contributed by atoms with Crippen molar-refractivity contribution in [1.29, 1.82) is 0 Å². The summed E-state index contributed by atoms with van der Waals surface area (Å²) in [5.41, 5.74) is 0.613. The van der Waals surface area contributed by atoms with Gasteiger partial charge in [0.2, 0.25) is 0 Å². The topological polar surface area (TPSA) is 110 Å². The molecule has 2 N–H and O–H groups in total. The third-order valence-corrected chi connectivity index (χ3v) is 5.08. The Hall–Kier alpha value is -2.32. The summed E-state index contributed by atoms with van der Waals surface area (Å²) in [6, 6.07) is 6.14. The first-order chi connectivity index (χ1) is 10.6. The Labute approximate surface area is 137 Å². The van der Waals surface area contributed by atoms with E-state index in [1.54, 1.807) is 13.8 Å². The fraction of sp³-hybridized carbons (Fsp3) is 0.143. The van der Waals surface area contributed by atoms with Crippen molar-refractivity contribution in [3.63, 3.8) is 0 Å². The maximum atomic E-state index is 12.4. The minimum atomic E-state index is -4.03. The third-order valence-electron chi connectivity index (χ3n) is 3.26. The van der Waals surface area contributed by atoms with Gasteiger partial charge in [-0.05, 0) is 37.1 Å². The molecule has 0 radical (unpaired) electrons. The lowest BCUT2D eigenvalue weighted by atomic mass is 10.1. The number of nitro groups is 1. The monoisotopic (exact) mass is 356 g/mol. The van der Waals surface area contributed by atoms with Crippen molar-refractivity contribution in [3.05, 3.63) is 56.6 Å². The second-order valence-electron chi connectivity index (χ2n) is 4.89. The Morgan fingerprint density at radius 1 is 1.26 bits per heavy atom. The number of sulfonamides is 1. The number of phenolic OH excluding ortho intramolecular Hbond substituents is 1. The molecule has 0 heterocycles. The molecular formula is C14H13ClN2O5S. The van der Waals surface area contributed by atoms with Gasteiger partial charge in [-0.25, -0.2) is 8.42 Å². The summed E-state index contributed by atoms with van der Waals surface area (Å²) >= 11 is 5.96. The number of nitro benzene ring substituents is 1. The Morgan fingerprint density at radius 2 is 1.91 bits per heavy atom. The minimum Gasteiger partial charge on any atom is -0.506 e. The van der Waals surface area contributed by atoms with E-state index in [0.29, 0.717) is 11.1 Å². The van der Waals surface area contributed by atoms with Crippen LogP contribution in [0.25, 0.3) is 0 Å². The fourth-order valence-corrected chi connectivity index (χ4v) is 3.34. The minimum absolute atomic E-state index is 0.0433. The average Bonchev–Trinajstić information content (AvgIpc) is 2.50. The van der Waals surface area contributed by atoms with E-state index < -0.39 is 14.9 Å². The maximum Gasteiger partial charge on any atom is 0.270 e. The molecule has 0 aliphatic rings. The summed E-state index contributed by atoms with van der Waals surface area (Å²) in [4.78, 5) is 9.85. The molecule has 2 rings (SSSR count). The number of phenols is 1. The molecule has 0 unspecified atom stereocenters. The molecule has 0 bridgehead atoms. The molecule has 0 spiro atoms. The molecule has 0 atom stereocenters. The first-order valence-corrected chi connectivity index (χ1v) is 8.25. The molecule has 7 nitrogen and oxygen atoms in total. The number of rotatable bonds is 4. The molecule has 122 valence electrons. The van der Waals surface area contributed by atoms with Crippen LogP contribution in [0.3, 0.4) is 0 Å². The molecule has 23 heavy (non-hydrogen) atoms. The highest BCUT2D eigenvalue weighted by Gasteiger charge is 2.20. The first-order valence-electron chi connectivity index (χ1n) is 6.39. The van der Waals surface area contributed by atoms with Crippen LogP contribution in [0.15, 0.2) is 35.2 Å². The van der Waals surface area contributed by atoms with E-state index in [9.17, 15) is 23.6 Å². The van der Waals surface area contributed by atoms with Gasteiger partial charge in [-0.3, -0.25) is 14.8 Å². The molecule has 0 fully saturated rings. The van der Waals surface area contributed by atoms with Crippen LogP contribution in [0.1, 0.15) is 11.1 Å². The van der Waals surface area contributed by atoms with E-state index in [1.165, 1.54) is 24.3 Å². The van der Waals surface area contributed by atoms with Gasteiger partial charge in [-0.1, -0.05) is 17.7 Å². The van der Waals surface area contributed by atoms with Crippen LogP contribution in [0.4, 0.5) is 11.4 Å². The van der Waals surface area contributed by atoms with Gasteiger partial charge in [0.25, 0.3) is 15.7 Å². The van der Waals surface area contributed by atoms with Crippen molar-refractivity contribution in [2.45, 2.75) is 18.7 Å². The molecule has 2 aromatic carbocycles. The van der Waals surface area contributed by atoms with Crippen molar-refractivity contribution in [2.24, 2.45) is 0 Å². The van der Waals surface area contributed by atoms with Crippen LogP contribution < -0.4 is 4.72 Å². The summed E-state index contributed by atoms with van der Waals surface area (Å²) < 4.78 is 27.1. The molecule has 0 saturated carbocycles. The van der Waals surface area contributed by atoms with Gasteiger partial charge in [0.15, 0.2) is 0 Å². The molecule has 0 aliphatic carbocycles. The number of hydrogen-bond donors (Lipinski definition) is 2. The van der Waals surface area contributed by atoms with E-state index in [4.69, 9.17) is 11.6 Å². The van der Waals surface area contributed by atoms with E-state index in [1.807, 2.05) is 0 Å². The summed E-state index contributed by atoms with van der Waals surface area (Å²) in [7, 11) is -4.03. The summed E-state index contributed by atoms with van der Waals surface area (Å²) in [5, 5.41) is 20.5. The number of benzene rings is 2. The van der Waals surface area contributed by atoms with Crippen LogP contribution in [-0.2, 0) is 10.0 Å². The van der Waals surface area contributed by atoms with E-state index in [-0.39, 0.29) is 27.0 Å². The summed E-state index contributed by atoms with van der Waals surface area (Å²) in [5.74, 6) is -0.123. The molecule has 0 aliphatic heterocycles. The van der Waals surface area contributed by atoms with Crippen molar-refractivity contribution < 1.29 is 18.4 Å². The zero-order valence-corrected chi connectivity index (χ0v) is 13.8. The van der Waals surface area contributed by atoms with E-state index in [2.05, 4.69) is 4.72 Å². The van der Waals surface area contributed by atoms with Crippen molar-refractivity contribution >= 4 is 33.0 Å². The maximum absolute atomic E-state index is 12.4. The number of anilines is 1. The Kier molecular flexibility index (Phi) is 4.49. The second kappa shape index (κ2) is 6.05. The molecule has 0 aromatic heterocycles. The van der Waals surface area contributed by atoms with Gasteiger partial charge in [-0.2, -0.15) is 0 Å². The number of hydrogen-bond acceptors (Lipinski definition) is 5. The highest BCUT2D eigenvalue weighted by atomic mass is 35.5. The first kappa shape index (κ1) is 17.0. The molecule has 2 aromatic rings. The van der Waals surface area contributed by atoms with Crippen LogP contribution in [0.5, 0.6) is 5.75 Å². The van der Waals surface area contributed by atoms with E-state index >= 15 is 0 Å². The lowest BCUT2D eigenvalue weighted by Gasteiger charge is -2.14. The zero-order valence-electron chi connectivity index (χ0n) is 12.2. The van der Waals surface area contributed by atoms with Crippen molar-refractivity contribution in [3.8, 4) is 5.75 Å². The third kappa shape index (κ3) is 3.38. The van der Waals surface area contributed by atoms with Gasteiger partial charge >= 0.3 is 0 Å². The van der Waals surface area contributed by atoms with Crippen molar-refractivity contribution in [2.75, 3.05) is 4.72 Å². The predicted octanol–water partition coefficient (Wildman–Crippen LogP) is 3.37. The predicted molar refractivity (Wildman–Crippen MR) is 86.5 cm³/mol. The summed E-state index contributed by atoms with van der Waals surface area (Å²) in [6.45, 7) is 3.12. The van der Waals surface area contributed by atoms with Gasteiger partial charge in [0.05, 0.1) is 20.5 Å². The number of aromatic hydroxyl groups is 1. The second-order valence-corrected chi connectivity index (χ2v) is 6.95. The van der Waals surface area contributed by atoms with E-state index in [0.717, 1.165) is 6.07 Å². The standard InChI is InChI=1S/C14H13ClN2O5S/c1-8-6-12(9(2)13(15)14(8)18)16-23(21,22)11-5-3-4-10(7-11)17(19)20/h3-7,16,18H,1-2H3. The average molecular weight is 357 g/mol. The quantitative estimate of drug-likeness (QED) is 0.495. The molecule has 0 saturated heterocycles. The Morgan fingerprint density at radius 3 is 2.52 bits per heavy atom. The number of aryl methyl sites for hydroxylation is 1. The van der Waals surface area contributed by atoms with Crippen LogP contribution in [0.2, 0.25) is 5.02 Å². The number of halogens is 1. The fourth-order valence-electron chi connectivity index (χ4n) is 1.94. The molecule has 9 heteroatoms. The zero-order chi connectivity index (χ0) is 17.4. The smallest absolute Gasteiger partial charge is 0.270 e. The van der Waals surface area contributed by atoms with Crippen LogP contribution >= 0.6 is 11.6 Å². The number of nitrogens with one attached hydrogen (secondary N) is 1.